The van der Waals surface area contributed by atoms with Crippen LogP contribution in [-0.4, -0.2) is 64.2 Å². The highest BCUT2D eigenvalue weighted by atomic mass is 32.2. The summed E-state index contributed by atoms with van der Waals surface area (Å²) >= 11 is 2.48. The van der Waals surface area contributed by atoms with Crippen molar-refractivity contribution in [3.63, 3.8) is 0 Å². The normalized spacial score (nSPS) is 11.0. The van der Waals surface area contributed by atoms with Gasteiger partial charge in [-0.3, -0.25) is 9.59 Å². The molecule has 0 saturated carbocycles. The standard InChI is InChI=1S/C21H17N9O4S2/c31-15-6-12(25-18(33)10-36-20-8-23-30-28-20)1-3-13(15)21-26-14-5-11(2-4-16(14)34-21)24-17(32)9-35-19-7-22-29-27-19/h1-8,31H,9-10H2,(H,24,32)(H,25,33)(H,22,27,29)(H,23,28,30). The molecule has 5 N–H and O–H groups in total. The number of thioether (sulfide) groups is 2. The molecule has 3 aromatic heterocycles. The number of amides is 2. The van der Waals surface area contributed by atoms with Crippen molar-refractivity contribution < 1.29 is 19.1 Å². The Labute approximate surface area is 210 Å². The van der Waals surface area contributed by atoms with Crippen LogP contribution in [0.5, 0.6) is 5.75 Å². The Morgan fingerprint density at radius 3 is 2.08 bits per heavy atom. The Morgan fingerprint density at radius 2 is 1.50 bits per heavy atom. The minimum atomic E-state index is -0.258. The monoisotopic (exact) mass is 523 g/mol. The van der Waals surface area contributed by atoms with Crippen LogP contribution in [-0.2, 0) is 9.59 Å². The number of rotatable bonds is 9. The van der Waals surface area contributed by atoms with Gasteiger partial charge in [0.15, 0.2) is 5.58 Å². The van der Waals surface area contributed by atoms with Gasteiger partial charge in [0, 0.05) is 17.4 Å². The van der Waals surface area contributed by atoms with Gasteiger partial charge in [-0.1, -0.05) is 23.5 Å². The van der Waals surface area contributed by atoms with Crippen molar-refractivity contribution in [2.45, 2.75) is 10.1 Å². The SMILES string of the molecule is O=C(CSc1cn[nH]n1)Nc1ccc(-c2nc3cc(NC(=O)CSc4cn[nH]n4)ccc3o2)c(O)c1. The summed E-state index contributed by atoms with van der Waals surface area (Å²) in [5.74, 6) is -0.0665. The van der Waals surface area contributed by atoms with Gasteiger partial charge in [0.05, 0.1) is 29.5 Å². The van der Waals surface area contributed by atoms with E-state index < -0.39 is 0 Å². The fourth-order valence-electron chi connectivity index (χ4n) is 3.11. The maximum absolute atomic E-state index is 12.2. The summed E-state index contributed by atoms with van der Waals surface area (Å²) < 4.78 is 5.78. The lowest BCUT2D eigenvalue weighted by Crippen LogP contribution is -2.13. The lowest BCUT2D eigenvalue weighted by Gasteiger charge is -2.07. The Morgan fingerprint density at radius 1 is 0.889 bits per heavy atom. The quantitative estimate of drug-likeness (QED) is 0.179. The van der Waals surface area contributed by atoms with Gasteiger partial charge in [-0.2, -0.15) is 20.6 Å². The third-order valence-electron chi connectivity index (χ3n) is 4.67. The van der Waals surface area contributed by atoms with Crippen molar-refractivity contribution in [2.24, 2.45) is 0 Å². The summed E-state index contributed by atoms with van der Waals surface area (Å²) in [5, 5.41) is 37.4. The number of carbonyl (C=O) groups is 2. The van der Waals surface area contributed by atoms with Gasteiger partial charge in [-0.05, 0) is 30.3 Å². The van der Waals surface area contributed by atoms with E-state index in [1.54, 1.807) is 30.3 Å². The number of anilines is 2. The number of aromatic nitrogens is 7. The molecule has 0 aliphatic carbocycles. The molecule has 2 amide bonds. The van der Waals surface area contributed by atoms with E-state index in [1.807, 2.05) is 0 Å². The molecule has 0 unspecified atom stereocenters. The number of nitrogens with one attached hydrogen (secondary N) is 4. The number of fused-ring (bicyclic) bond motifs is 1. The smallest absolute Gasteiger partial charge is 0.234 e. The van der Waals surface area contributed by atoms with Crippen molar-refractivity contribution in [3.8, 4) is 17.2 Å². The van der Waals surface area contributed by atoms with Crippen molar-refractivity contribution in [2.75, 3.05) is 22.1 Å². The van der Waals surface area contributed by atoms with E-state index in [1.165, 1.54) is 42.0 Å². The van der Waals surface area contributed by atoms with E-state index >= 15 is 0 Å². The zero-order chi connectivity index (χ0) is 24.9. The Kier molecular flexibility index (Phi) is 6.81. The molecule has 0 saturated heterocycles. The van der Waals surface area contributed by atoms with Gasteiger partial charge in [0.1, 0.15) is 21.3 Å². The van der Waals surface area contributed by atoms with Gasteiger partial charge in [-0.15, -0.1) is 10.2 Å². The molecule has 5 aromatic rings. The maximum atomic E-state index is 12.2. The van der Waals surface area contributed by atoms with E-state index in [0.29, 0.717) is 38.1 Å². The molecule has 0 spiro atoms. The maximum Gasteiger partial charge on any atom is 0.234 e. The molecule has 5 rings (SSSR count). The molecular formula is C21H17N9O4S2. The van der Waals surface area contributed by atoms with Crippen molar-refractivity contribution >= 4 is 57.8 Å². The number of aromatic amines is 2. The molecule has 0 aliphatic heterocycles. The van der Waals surface area contributed by atoms with Crippen molar-refractivity contribution in [1.29, 1.82) is 0 Å². The van der Waals surface area contributed by atoms with Gasteiger partial charge in [0.2, 0.25) is 17.7 Å². The minimum absolute atomic E-state index is 0.109. The Hall–Kier alpha value is -4.37. The molecule has 3 heterocycles. The number of hydrogen-bond donors (Lipinski definition) is 5. The predicted molar refractivity (Wildman–Crippen MR) is 133 cm³/mol. The number of oxazole rings is 1. The van der Waals surface area contributed by atoms with Crippen LogP contribution in [0.15, 0.2) is 63.3 Å². The fraction of sp³-hybridized carbons (Fsp3) is 0.0952. The third kappa shape index (κ3) is 5.64. The highest BCUT2D eigenvalue weighted by Gasteiger charge is 2.15. The summed E-state index contributed by atoms with van der Waals surface area (Å²) in [6.45, 7) is 0. The number of nitrogens with zero attached hydrogens (tertiary/aromatic N) is 5. The summed E-state index contributed by atoms with van der Waals surface area (Å²) in [7, 11) is 0. The Balaban J connectivity index is 1.23. The largest absolute Gasteiger partial charge is 0.507 e. The van der Waals surface area contributed by atoms with E-state index in [-0.39, 0.29) is 35.0 Å². The topological polar surface area (TPSA) is 188 Å². The summed E-state index contributed by atoms with van der Waals surface area (Å²) in [5.41, 5.74) is 2.33. The molecular weight excluding hydrogens is 506 g/mol. The van der Waals surface area contributed by atoms with E-state index in [9.17, 15) is 14.7 Å². The van der Waals surface area contributed by atoms with Gasteiger partial charge >= 0.3 is 0 Å². The number of hydrogen-bond acceptors (Lipinski definition) is 11. The fourth-order valence-corrected chi connectivity index (χ4v) is 4.27. The number of aromatic hydroxyl groups is 1. The predicted octanol–water partition coefficient (Wildman–Crippen LogP) is 2.90. The van der Waals surface area contributed by atoms with Gasteiger partial charge in [-0.25, -0.2) is 4.98 Å². The van der Waals surface area contributed by atoms with Gasteiger partial charge in [0.25, 0.3) is 0 Å². The van der Waals surface area contributed by atoms with Crippen LogP contribution in [0.4, 0.5) is 11.4 Å². The highest BCUT2D eigenvalue weighted by Crippen LogP contribution is 2.34. The van der Waals surface area contributed by atoms with Crippen LogP contribution >= 0.6 is 23.5 Å². The average molecular weight is 524 g/mol. The first kappa shape index (κ1) is 23.4. The minimum Gasteiger partial charge on any atom is -0.507 e. The number of benzene rings is 2. The second kappa shape index (κ2) is 10.5. The molecule has 0 radical (unpaired) electrons. The molecule has 15 heteroatoms. The third-order valence-corrected chi connectivity index (χ3v) is 6.47. The van der Waals surface area contributed by atoms with Crippen LogP contribution in [0.3, 0.4) is 0 Å². The number of H-pyrrole nitrogens is 2. The number of phenols is 1. The lowest BCUT2D eigenvalue weighted by atomic mass is 10.2. The first-order chi connectivity index (χ1) is 17.5. The first-order valence-electron chi connectivity index (χ1n) is 10.3. The number of phenolic OH excluding ortho intramolecular Hbond substituents is 1. The van der Waals surface area contributed by atoms with Crippen LogP contribution in [0.1, 0.15) is 0 Å². The van der Waals surface area contributed by atoms with Gasteiger partial charge < -0.3 is 20.2 Å². The summed E-state index contributed by atoms with van der Waals surface area (Å²) in [6, 6.07) is 9.72. The first-order valence-corrected chi connectivity index (χ1v) is 12.3. The highest BCUT2D eigenvalue weighted by molar-refractivity contribution is 8.00. The van der Waals surface area contributed by atoms with Crippen molar-refractivity contribution in [1.82, 2.24) is 35.8 Å². The van der Waals surface area contributed by atoms with E-state index in [0.717, 1.165) is 0 Å². The lowest BCUT2D eigenvalue weighted by molar-refractivity contribution is -0.114. The van der Waals surface area contributed by atoms with Crippen LogP contribution in [0, 0.1) is 0 Å². The molecule has 182 valence electrons. The number of carbonyl (C=O) groups excluding carboxylic acids is 2. The zero-order valence-electron chi connectivity index (χ0n) is 18.3. The molecule has 0 atom stereocenters. The van der Waals surface area contributed by atoms with Crippen LogP contribution in [0.25, 0.3) is 22.6 Å². The second-order valence-corrected chi connectivity index (χ2v) is 9.21. The molecule has 0 fully saturated rings. The molecule has 2 aromatic carbocycles. The molecule has 36 heavy (non-hydrogen) atoms. The van der Waals surface area contributed by atoms with E-state index in [4.69, 9.17) is 4.42 Å². The van der Waals surface area contributed by atoms with Crippen LogP contribution < -0.4 is 10.6 Å². The average Bonchev–Trinajstić information content (AvgIpc) is 3.63. The van der Waals surface area contributed by atoms with Crippen molar-refractivity contribution in [3.05, 3.63) is 48.8 Å². The van der Waals surface area contributed by atoms with E-state index in [2.05, 4.69) is 46.4 Å². The Bertz CT molecular complexity index is 1500. The second-order valence-electron chi connectivity index (χ2n) is 7.22. The zero-order valence-corrected chi connectivity index (χ0v) is 19.9. The van der Waals surface area contributed by atoms with Crippen LogP contribution in [0.2, 0.25) is 0 Å². The summed E-state index contributed by atoms with van der Waals surface area (Å²) in [6.07, 6.45) is 3.06. The summed E-state index contributed by atoms with van der Waals surface area (Å²) in [4.78, 5) is 28.8. The molecule has 13 nitrogen and oxygen atoms in total. The molecule has 0 bridgehead atoms. The molecule has 0 aliphatic rings.